The third kappa shape index (κ3) is 4.01. The first-order valence-corrected chi connectivity index (χ1v) is 6.31. The Hall–Kier alpha value is -2.44. The van der Waals surface area contributed by atoms with Crippen molar-refractivity contribution in [3.05, 3.63) is 52.9 Å². The molecular weight excluding hydrogens is 280 g/mol. The molecule has 7 heteroatoms. The van der Waals surface area contributed by atoms with Crippen molar-refractivity contribution in [2.45, 2.75) is 20.0 Å². The molecule has 112 valence electrons. The van der Waals surface area contributed by atoms with E-state index in [9.17, 15) is 13.6 Å². The monoisotopic (exact) mass is 295 g/mol. The number of hydrogen-bond donors (Lipinski definition) is 1. The summed E-state index contributed by atoms with van der Waals surface area (Å²) in [5, 5.41) is 6.41. The van der Waals surface area contributed by atoms with Gasteiger partial charge in [0.2, 0.25) is 0 Å². The van der Waals surface area contributed by atoms with E-state index in [4.69, 9.17) is 4.52 Å². The van der Waals surface area contributed by atoms with Crippen LogP contribution in [0.1, 0.15) is 17.0 Å². The van der Waals surface area contributed by atoms with Gasteiger partial charge in [-0.2, -0.15) is 0 Å². The fourth-order valence-electron chi connectivity index (χ4n) is 1.79. The number of nitrogens with zero attached hydrogens (tertiary/aromatic N) is 2. The minimum absolute atomic E-state index is 0.168. The Labute approximate surface area is 120 Å². The summed E-state index contributed by atoms with van der Waals surface area (Å²) in [5.74, 6) is -1.18. The topological polar surface area (TPSA) is 58.4 Å². The van der Waals surface area contributed by atoms with Crippen LogP contribution in [-0.2, 0) is 13.1 Å². The summed E-state index contributed by atoms with van der Waals surface area (Å²) in [6.07, 6.45) is 0. The molecule has 0 aliphatic rings. The van der Waals surface area contributed by atoms with Crippen molar-refractivity contribution in [3.63, 3.8) is 0 Å². The van der Waals surface area contributed by atoms with E-state index in [1.165, 1.54) is 11.0 Å². The van der Waals surface area contributed by atoms with E-state index in [0.29, 0.717) is 17.0 Å². The molecule has 2 aromatic rings. The smallest absolute Gasteiger partial charge is 0.317 e. The van der Waals surface area contributed by atoms with E-state index in [0.717, 1.165) is 12.1 Å². The lowest BCUT2D eigenvalue weighted by atomic mass is 10.2. The van der Waals surface area contributed by atoms with Gasteiger partial charge in [0.25, 0.3) is 0 Å². The average molecular weight is 295 g/mol. The Morgan fingerprint density at radius 3 is 2.71 bits per heavy atom. The number of rotatable bonds is 4. The number of nitrogens with one attached hydrogen (secondary N) is 1. The first-order chi connectivity index (χ1) is 9.95. The van der Waals surface area contributed by atoms with Crippen LogP contribution in [-0.4, -0.2) is 23.1 Å². The lowest BCUT2D eigenvalue weighted by molar-refractivity contribution is 0.206. The second kappa shape index (κ2) is 6.34. The molecular formula is C14H15F2N3O2. The van der Waals surface area contributed by atoms with Crippen LogP contribution in [0, 0.1) is 18.6 Å². The summed E-state index contributed by atoms with van der Waals surface area (Å²) in [6.45, 7) is 2.16. The van der Waals surface area contributed by atoms with E-state index in [-0.39, 0.29) is 19.1 Å². The molecule has 0 atom stereocenters. The molecule has 0 saturated heterocycles. The molecule has 5 nitrogen and oxygen atoms in total. The second-order valence-corrected chi connectivity index (χ2v) is 4.69. The van der Waals surface area contributed by atoms with Gasteiger partial charge in [-0.05, 0) is 24.6 Å². The third-order valence-electron chi connectivity index (χ3n) is 2.85. The number of benzene rings is 1. The first-order valence-electron chi connectivity index (χ1n) is 6.31. The Morgan fingerprint density at radius 1 is 1.33 bits per heavy atom. The highest BCUT2D eigenvalue weighted by molar-refractivity contribution is 5.73. The molecule has 0 unspecified atom stereocenters. The van der Waals surface area contributed by atoms with Crippen LogP contribution in [0.5, 0.6) is 0 Å². The molecule has 2 rings (SSSR count). The van der Waals surface area contributed by atoms with Crippen molar-refractivity contribution < 1.29 is 18.1 Å². The van der Waals surface area contributed by atoms with Gasteiger partial charge in [-0.1, -0.05) is 11.2 Å². The summed E-state index contributed by atoms with van der Waals surface area (Å²) in [6, 6.07) is 4.91. The minimum Gasteiger partial charge on any atom is -0.361 e. The van der Waals surface area contributed by atoms with Gasteiger partial charge in [-0.25, -0.2) is 13.6 Å². The number of aryl methyl sites for hydroxylation is 1. The van der Waals surface area contributed by atoms with Crippen molar-refractivity contribution in [1.82, 2.24) is 15.4 Å². The molecule has 0 radical (unpaired) electrons. The molecule has 0 fully saturated rings. The van der Waals surface area contributed by atoms with Crippen molar-refractivity contribution in [1.29, 1.82) is 0 Å². The van der Waals surface area contributed by atoms with Crippen LogP contribution in [0.3, 0.4) is 0 Å². The Balaban J connectivity index is 1.88. The van der Waals surface area contributed by atoms with Gasteiger partial charge in [0, 0.05) is 19.7 Å². The van der Waals surface area contributed by atoms with Crippen LogP contribution in [0.15, 0.2) is 28.8 Å². The maximum Gasteiger partial charge on any atom is 0.317 e. The van der Waals surface area contributed by atoms with E-state index >= 15 is 0 Å². The maximum absolute atomic E-state index is 13.1. The van der Waals surface area contributed by atoms with Gasteiger partial charge in [-0.15, -0.1) is 0 Å². The lowest BCUT2D eigenvalue weighted by Gasteiger charge is -2.17. The number of aromatic nitrogens is 1. The van der Waals surface area contributed by atoms with Gasteiger partial charge >= 0.3 is 6.03 Å². The summed E-state index contributed by atoms with van der Waals surface area (Å²) in [7, 11) is 1.56. The van der Waals surface area contributed by atoms with Gasteiger partial charge in [0.1, 0.15) is 11.5 Å². The summed E-state index contributed by atoms with van der Waals surface area (Å²) >= 11 is 0. The first kappa shape index (κ1) is 15.0. The molecule has 0 spiro atoms. The fraction of sp³-hybridized carbons (Fsp3) is 0.286. The summed E-state index contributed by atoms with van der Waals surface area (Å²) in [4.78, 5) is 13.2. The molecule has 1 heterocycles. The predicted molar refractivity (Wildman–Crippen MR) is 71.3 cm³/mol. The van der Waals surface area contributed by atoms with E-state index < -0.39 is 11.6 Å². The van der Waals surface area contributed by atoms with Crippen molar-refractivity contribution >= 4 is 6.03 Å². The van der Waals surface area contributed by atoms with Gasteiger partial charge in [0.05, 0.1) is 6.54 Å². The SMILES string of the molecule is Cc1cc(CNC(=O)N(C)Cc2ccc(F)c(F)c2)no1. The average Bonchev–Trinajstić information content (AvgIpc) is 2.86. The quantitative estimate of drug-likeness (QED) is 0.943. The molecule has 1 N–H and O–H groups in total. The number of halogens is 2. The molecule has 1 aromatic carbocycles. The van der Waals surface area contributed by atoms with Crippen molar-refractivity contribution in [3.8, 4) is 0 Å². The Morgan fingerprint density at radius 2 is 2.10 bits per heavy atom. The lowest BCUT2D eigenvalue weighted by Crippen LogP contribution is -2.36. The van der Waals surface area contributed by atoms with Crippen LogP contribution < -0.4 is 5.32 Å². The fourth-order valence-corrected chi connectivity index (χ4v) is 1.79. The Kier molecular flexibility index (Phi) is 4.52. The molecule has 0 aliphatic carbocycles. The number of amides is 2. The highest BCUT2D eigenvalue weighted by Gasteiger charge is 2.11. The zero-order chi connectivity index (χ0) is 15.4. The highest BCUT2D eigenvalue weighted by atomic mass is 19.2. The number of urea groups is 1. The predicted octanol–water partition coefficient (Wildman–Crippen LogP) is 2.60. The highest BCUT2D eigenvalue weighted by Crippen LogP contribution is 2.10. The van der Waals surface area contributed by atoms with E-state index in [1.54, 1.807) is 20.0 Å². The standard InChI is InChI=1S/C14H15F2N3O2/c1-9-5-11(18-21-9)7-17-14(20)19(2)8-10-3-4-12(15)13(16)6-10/h3-6H,7-8H2,1-2H3,(H,17,20). The van der Waals surface area contributed by atoms with Gasteiger partial charge in [-0.3, -0.25) is 0 Å². The number of hydrogen-bond acceptors (Lipinski definition) is 3. The maximum atomic E-state index is 13.1. The number of carbonyl (C=O) groups excluding carboxylic acids is 1. The molecule has 0 saturated carbocycles. The van der Waals surface area contributed by atoms with Crippen LogP contribution in [0.2, 0.25) is 0 Å². The Bertz CT molecular complexity index is 643. The summed E-state index contributed by atoms with van der Waals surface area (Å²) < 4.78 is 30.8. The molecule has 2 amide bonds. The van der Waals surface area contributed by atoms with Crippen LogP contribution in [0.4, 0.5) is 13.6 Å². The number of carbonyl (C=O) groups is 1. The minimum atomic E-state index is -0.931. The van der Waals surface area contributed by atoms with Crippen LogP contribution >= 0.6 is 0 Å². The molecule has 0 bridgehead atoms. The molecule has 1 aromatic heterocycles. The summed E-state index contributed by atoms with van der Waals surface area (Å²) in [5.41, 5.74) is 1.12. The van der Waals surface area contributed by atoms with Gasteiger partial charge < -0.3 is 14.7 Å². The molecule has 0 aliphatic heterocycles. The zero-order valence-corrected chi connectivity index (χ0v) is 11.7. The second-order valence-electron chi connectivity index (χ2n) is 4.69. The molecule has 21 heavy (non-hydrogen) atoms. The largest absolute Gasteiger partial charge is 0.361 e. The van der Waals surface area contributed by atoms with Crippen LogP contribution in [0.25, 0.3) is 0 Å². The third-order valence-corrected chi connectivity index (χ3v) is 2.85. The van der Waals surface area contributed by atoms with Crippen molar-refractivity contribution in [2.24, 2.45) is 0 Å². The van der Waals surface area contributed by atoms with Gasteiger partial charge in [0.15, 0.2) is 11.6 Å². The zero-order valence-electron chi connectivity index (χ0n) is 11.7. The van der Waals surface area contributed by atoms with E-state index in [1.807, 2.05) is 0 Å². The van der Waals surface area contributed by atoms with Crippen molar-refractivity contribution in [2.75, 3.05) is 7.05 Å². The normalized spacial score (nSPS) is 10.5. The van der Waals surface area contributed by atoms with E-state index in [2.05, 4.69) is 10.5 Å².